The average molecular weight is 343 g/mol. The summed E-state index contributed by atoms with van der Waals surface area (Å²) in [5.41, 5.74) is 9.66. The van der Waals surface area contributed by atoms with Gasteiger partial charge in [-0.15, -0.1) is 0 Å². The second kappa shape index (κ2) is 6.46. The molecule has 0 atom stereocenters. The number of nitrogens with zero attached hydrogens (tertiary/aromatic N) is 1. The Morgan fingerprint density at radius 1 is 1.00 bits per heavy atom. The number of hydrogen-bond acceptors (Lipinski definition) is 1. The molecular weight excluding hydrogens is 324 g/mol. The monoisotopic (exact) mass is 342 g/mol. The van der Waals surface area contributed by atoms with Gasteiger partial charge in [-0.1, -0.05) is 46.3 Å². The van der Waals surface area contributed by atoms with Crippen LogP contribution in [0.25, 0.3) is 10.9 Å². The van der Waals surface area contributed by atoms with Gasteiger partial charge in [0.2, 0.25) is 0 Å². The van der Waals surface area contributed by atoms with Gasteiger partial charge in [0.15, 0.2) is 0 Å². The van der Waals surface area contributed by atoms with Crippen molar-refractivity contribution in [2.24, 2.45) is 5.73 Å². The number of para-hydroxylation sites is 1. The Balaban J connectivity index is 1.96. The third-order valence-electron chi connectivity index (χ3n) is 3.79. The molecule has 0 bridgehead atoms. The molecule has 0 radical (unpaired) electrons. The third-order valence-corrected chi connectivity index (χ3v) is 4.32. The van der Waals surface area contributed by atoms with Gasteiger partial charge >= 0.3 is 0 Å². The summed E-state index contributed by atoms with van der Waals surface area (Å²) in [7, 11) is 0. The normalized spacial score (nSPS) is 11.1. The summed E-state index contributed by atoms with van der Waals surface area (Å²) in [5, 5.41) is 1.35. The lowest BCUT2D eigenvalue weighted by molar-refractivity contribution is 0.806. The molecule has 0 spiro atoms. The molecular formula is C18H19BrN2. The fraction of sp³-hybridized carbons (Fsp3) is 0.222. The van der Waals surface area contributed by atoms with E-state index in [1.807, 2.05) is 0 Å². The average Bonchev–Trinajstić information content (AvgIpc) is 2.86. The molecule has 0 aliphatic carbocycles. The molecule has 108 valence electrons. The number of halogens is 1. The van der Waals surface area contributed by atoms with E-state index in [4.69, 9.17) is 5.73 Å². The highest BCUT2D eigenvalue weighted by molar-refractivity contribution is 9.10. The predicted octanol–water partition coefficient (Wildman–Crippen LogP) is 4.34. The van der Waals surface area contributed by atoms with Crippen molar-refractivity contribution in [3.8, 4) is 0 Å². The van der Waals surface area contributed by atoms with Crippen LogP contribution in [0.15, 0.2) is 59.2 Å². The zero-order valence-corrected chi connectivity index (χ0v) is 13.5. The van der Waals surface area contributed by atoms with E-state index in [2.05, 4.69) is 75.2 Å². The first kappa shape index (κ1) is 14.4. The van der Waals surface area contributed by atoms with Gasteiger partial charge in [0.05, 0.1) is 0 Å². The summed E-state index contributed by atoms with van der Waals surface area (Å²) >= 11 is 3.48. The maximum absolute atomic E-state index is 5.65. The second-order valence-corrected chi connectivity index (χ2v) is 6.23. The summed E-state index contributed by atoms with van der Waals surface area (Å²) in [4.78, 5) is 0. The number of rotatable bonds is 5. The number of aromatic nitrogens is 1. The topological polar surface area (TPSA) is 30.9 Å². The van der Waals surface area contributed by atoms with Crippen molar-refractivity contribution in [2.45, 2.75) is 19.4 Å². The van der Waals surface area contributed by atoms with Crippen molar-refractivity contribution in [1.82, 2.24) is 4.57 Å². The molecule has 2 N–H and O–H groups in total. The van der Waals surface area contributed by atoms with E-state index in [-0.39, 0.29) is 0 Å². The minimum absolute atomic E-state index is 0.742. The molecule has 0 saturated heterocycles. The van der Waals surface area contributed by atoms with Crippen LogP contribution in [0.5, 0.6) is 0 Å². The van der Waals surface area contributed by atoms with Crippen LogP contribution in [0.4, 0.5) is 0 Å². The summed E-state index contributed by atoms with van der Waals surface area (Å²) in [6.07, 6.45) is 4.36. The quantitative estimate of drug-likeness (QED) is 0.734. The zero-order valence-electron chi connectivity index (χ0n) is 11.9. The summed E-state index contributed by atoms with van der Waals surface area (Å²) in [5.74, 6) is 0. The van der Waals surface area contributed by atoms with Gasteiger partial charge in [-0.2, -0.15) is 0 Å². The van der Waals surface area contributed by atoms with Crippen LogP contribution in [-0.2, 0) is 13.0 Å². The highest BCUT2D eigenvalue weighted by Crippen LogP contribution is 2.23. The van der Waals surface area contributed by atoms with Crippen molar-refractivity contribution in [1.29, 1.82) is 0 Å². The van der Waals surface area contributed by atoms with Crippen molar-refractivity contribution in [3.63, 3.8) is 0 Å². The minimum atomic E-state index is 0.742. The molecule has 0 saturated carbocycles. The van der Waals surface area contributed by atoms with Gasteiger partial charge < -0.3 is 10.3 Å². The van der Waals surface area contributed by atoms with Gasteiger partial charge in [-0.3, -0.25) is 0 Å². The molecule has 0 amide bonds. The maximum Gasteiger partial charge on any atom is 0.0486 e. The Labute approximate surface area is 133 Å². The molecule has 0 aliphatic rings. The maximum atomic E-state index is 5.65. The van der Waals surface area contributed by atoms with Crippen molar-refractivity contribution >= 4 is 26.8 Å². The fourth-order valence-electron chi connectivity index (χ4n) is 2.73. The molecule has 1 aromatic heterocycles. The SMILES string of the molecule is NCCCc1cn(Cc2ccc(Br)cc2)c2ccccc12. The Kier molecular flexibility index (Phi) is 4.42. The number of benzene rings is 2. The van der Waals surface area contributed by atoms with Crippen LogP contribution in [0.3, 0.4) is 0 Å². The third kappa shape index (κ3) is 3.20. The first-order valence-electron chi connectivity index (χ1n) is 7.29. The molecule has 0 aliphatic heterocycles. The molecule has 3 aromatic rings. The van der Waals surface area contributed by atoms with Crippen LogP contribution in [0, 0.1) is 0 Å². The van der Waals surface area contributed by atoms with E-state index < -0.39 is 0 Å². The Morgan fingerprint density at radius 3 is 2.52 bits per heavy atom. The van der Waals surface area contributed by atoms with Gasteiger partial charge in [-0.25, -0.2) is 0 Å². The first-order chi connectivity index (χ1) is 10.3. The minimum Gasteiger partial charge on any atom is -0.343 e. The lowest BCUT2D eigenvalue weighted by Crippen LogP contribution is -2.00. The smallest absolute Gasteiger partial charge is 0.0486 e. The highest BCUT2D eigenvalue weighted by Gasteiger charge is 2.08. The van der Waals surface area contributed by atoms with Crippen LogP contribution in [-0.4, -0.2) is 11.1 Å². The van der Waals surface area contributed by atoms with E-state index in [9.17, 15) is 0 Å². The Hall–Kier alpha value is -1.58. The van der Waals surface area contributed by atoms with Crippen LogP contribution in [0.2, 0.25) is 0 Å². The van der Waals surface area contributed by atoms with E-state index in [0.29, 0.717) is 0 Å². The highest BCUT2D eigenvalue weighted by atomic mass is 79.9. The van der Waals surface area contributed by atoms with E-state index in [0.717, 1.165) is 30.4 Å². The molecule has 0 unspecified atom stereocenters. The Bertz CT molecular complexity index is 729. The van der Waals surface area contributed by atoms with E-state index in [1.165, 1.54) is 22.0 Å². The standard InChI is InChI=1S/C18H19BrN2/c19-16-9-7-14(8-10-16)12-21-13-15(4-3-11-20)17-5-1-2-6-18(17)21/h1-2,5-10,13H,3-4,11-12,20H2. The number of nitrogens with two attached hydrogens (primary N) is 1. The first-order valence-corrected chi connectivity index (χ1v) is 8.08. The van der Waals surface area contributed by atoms with Crippen LogP contribution < -0.4 is 5.73 Å². The zero-order chi connectivity index (χ0) is 14.7. The van der Waals surface area contributed by atoms with Gasteiger partial charge in [-0.05, 0) is 48.7 Å². The summed E-state index contributed by atoms with van der Waals surface area (Å²) < 4.78 is 3.46. The number of fused-ring (bicyclic) bond motifs is 1. The molecule has 21 heavy (non-hydrogen) atoms. The van der Waals surface area contributed by atoms with Gasteiger partial charge in [0, 0.05) is 28.1 Å². The van der Waals surface area contributed by atoms with Crippen LogP contribution in [0.1, 0.15) is 17.5 Å². The van der Waals surface area contributed by atoms with Crippen LogP contribution >= 0.6 is 15.9 Å². The summed E-state index contributed by atoms with van der Waals surface area (Å²) in [6, 6.07) is 17.1. The molecule has 3 rings (SSSR count). The number of aryl methyl sites for hydroxylation is 1. The van der Waals surface area contributed by atoms with E-state index in [1.54, 1.807) is 0 Å². The molecule has 2 nitrogen and oxygen atoms in total. The van der Waals surface area contributed by atoms with Crippen molar-refractivity contribution in [2.75, 3.05) is 6.54 Å². The molecule has 1 heterocycles. The molecule has 3 heteroatoms. The largest absolute Gasteiger partial charge is 0.343 e. The lowest BCUT2D eigenvalue weighted by Gasteiger charge is -2.05. The summed E-state index contributed by atoms with van der Waals surface area (Å²) in [6.45, 7) is 1.64. The van der Waals surface area contributed by atoms with Gasteiger partial charge in [0.1, 0.15) is 0 Å². The second-order valence-electron chi connectivity index (χ2n) is 5.32. The predicted molar refractivity (Wildman–Crippen MR) is 92.6 cm³/mol. The Morgan fingerprint density at radius 2 is 1.76 bits per heavy atom. The van der Waals surface area contributed by atoms with E-state index >= 15 is 0 Å². The van der Waals surface area contributed by atoms with Crippen molar-refractivity contribution < 1.29 is 0 Å². The van der Waals surface area contributed by atoms with Gasteiger partial charge in [0.25, 0.3) is 0 Å². The lowest BCUT2D eigenvalue weighted by atomic mass is 10.1. The molecule has 0 fully saturated rings. The molecule has 2 aromatic carbocycles. The van der Waals surface area contributed by atoms with Crippen molar-refractivity contribution in [3.05, 3.63) is 70.3 Å². The fourth-order valence-corrected chi connectivity index (χ4v) is 3.00. The number of hydrogen-bond donors (Lipinski definition) is 1.